The molecule has 1 N–H and O–H groups in total. The van der Waals surface area contributed by atoms with Crippen molar-refractivity contribution in [2.75, 3.05) is 45.6 Å². The van der Waals surface area contributed by atoms with E-state index in [1.54, 1.807) is 29.5 Å². The van der Waals surface area contributed by atoms with E-state index in [1.165, 1.54) is 30.8 Å². The highest BCUT2D eigenvalue weighted by Gasteiger charge is 2.26. The average molecular weight is 529 g/mol. The van der Waals surface area contributed by atoms with Crippen molar-refractivity contribution >= 4 is 50.6 Å². The molecule has 1 saturated heterocycles. The van der Waals surface area contributed by atoms with Gasteiger partial charge in [0.1, 0.15) is 22.8 Å². The summed E-state index contributed by atoms with van der Waals surface area (Å²) >= 11 is 7.53. The number of carbonyl (C=O) groups excluding carboxylic acids is 1. The highest BCUT2D eigenvalue weighted by atomic mass is 35.5. The number of likely N-dealkylation sites (tertiary alicyclic amines) is 1. The monoisotopic (exact) mass is 528 g/mol. The Kier molecular flexibility index (Phi) is 7.52. The number of thiophene rings is 1. The topological polar surface area (TPSA) is 64.6 Å². The van der Waals surface area contributed by atoms with Gasteiger partial charge in [0.05, 0.1) is 17.0 Å². The number of anilines is 2. The summed E-state index contributed by atoms with van der Waals surface area (Å²) in [6.07, 6.45) is 8.30. The number of fused-ring (bicyclic) bond motifs is 3. The quantitative estimate of drug-likeness (QED) is 0.468. The molecule has 2 aromatic heterocycles. The van der Waals surface area contributed by atoms with Gasteiger partial charge in [0, 0.05) is 35.8 Å². The number of hydrogen-bond donors (Lipinski definition) is 1. The van der Waals surface area contributed by atoms with Crippen LogP contribution in [0.1, 0.15) is 23.3 Å². The number of nitrogens with zero attached hydrogens (tertiary/aromatic N) is 5. The summed E-state index contributed by atoms with van der Waals surface area (Å²) in [4.78, 5) is 30.4. The lowest BCUT2D eigenvalue weighted by Crippen LogP contribution is -2.42. The van der Waals surface area contributed by atoms with E-state index in [0.29, 0.717) is 30.6 Å². The Morgan fingerprint density at radius 2 is 2.11 bits per heavy atom. The first-order valence-electron chi connectivity index (χ1n) is 12.2. The first-order chi connectivity index (χ1) is 17.4. The third kappa shape index (κ3) is 5.39. The molecular formula is C26H30ClFN6OS. The van der Waals surface area contributed by atoms with E-state index in [2.05, 4.69) is 39.2 Å². The largest absolute Gasteiger partial charge is 0.340 e. The van der Waals surface area contributed by atoms with Crippen molar-refractivity contribution in [2.24, 2.45) is 0 Å². The molecule has 0 unspecified atom stereocenters. The molecule has 190 valence electrons. The van der Waals surface area contributed by atoms with E-state index >= 15 is 0 Å². The molecule has 10 heteroatoms. The molecule has 1 fully saturated rings. The Morgan fingerprint density at radius 1 is 1.31 bits per heavy atom. The molecule has 3 aromatic rings. The lowest BCUT2D eigenvalue weighted by molar-refractivity contribution is -0.126. The van der Waals surface area contributed by atoms with Gasteiger partial charge in [-0.1, -0.05) is 17.7 Å². The number of rotatable bonds is 6. The predicted molar refractivity (Wildman–Crippen MR) is 144 cm³/mol. The van der Waals surface area contributed by atoms with Crippen LogP contribution in [-0.4, -0.2) is 76.9 Å². The zero-order valence-electron chi connectivity index (χ0n) is 20.5. The summed E-state index contributed by atoms with van der Waals surface area (Å²) in [6, 6.07) is 5.08. The van der Waals surface area contributed by atoms with E-state index in [4.69, 9.17) is 11.6 Å². The van der Waals surface area contributed by atoms with Crippen LogP contribution in [0.15, 0.2) is 36.7 Å². The van der Waals surface area contributed by atoms with Crippen LogP contribution >= 0.6 is 22.9 Å². The molecule has 0 spiro atoms. The Labute approximate surface area is 219 Å². The van der Waals surface area contributed by atoms with Gasteiger partial charge in [-0.05, 0) is 70.2 Å². The number of hydrogen-bond acceptors (Lipinski definition) is 7. The first-order valence-corrected chi connectivity index (χ1v) is 13.4. The molecule has 0 radical (unpaired) electrons. The molecule has 2 aliphatic heterocycles. The van der Waals surface area contributed by atoms with Crippen LogP contribution in [-0.2, 0) is 17.8 Å². The second-order valence-electron chi connectivity index (χ2n) is 9.55. The fraction of sp³-hybridized carbons (Fsp3) is 0.423. The van der Waals surface area contributed by atoms with Gasteiger partial charge in [-0.15, -0.1) is 11.3 Å². The highest BCUT2D eigenvalue weighted by Crippen LogP contribution is 2.38. The maximum atomic E-state index is 13.6. The fourth-order valence-corrected chi connectivity index (χ4v) is 6.31. The van der Waals surface area contributed by atoms with Gasteiger partial charge >= 0.3 is 0 Å². The van der Waals surface area contributed by atoms with Crippen molar-refractivity contribution in [2.45, 2.75) is 31.8 Å². The van der Waals surface area contributed by atoms with E-state index in [-0.39, 0.29) is 10.9 Å². The third-order valence-corrected chi connectivity index (χ3v) is 8.51. The number of amides is 1. The molecule has 0 bridgehead atoms. The number of halogens is 2. The summed E-state index contributed by atoms with van der Waals surface area (Å²) in [5.74, 6) is 0.243. The van der Waals surface area contributed by atoms with Crippen molar-refractivity contribution in [3.63, 3.8) is 0 Å². The van der Waals surface area contributed by atoms with Crippen molar-refractivity contribution in [1.82, 2.24) is 24.7 Å². The zero-order chi connectivity index (χ0) is 25.2. The number of likely N-dealkylation sites (N-methyl/N-ethyl adjacent to an activating group) is 1. The Morgan fingerprint density at radius 3 is 2.89 bits per heavy atom. The summed E-state index contributed by atoms with van der Waals surface area (Å²) < 4.78 is 13.6. The summed E-state index contributed by atoms with van der Waals surface area (Å²) in [6.45, 7) is 4.24. The van der Waals surface area contributed by atoms with Gasteiger partial charge in [-0.3, -0.25) is 9.69 Å². The highest BCUT2D eigenvalue weighted by molar-refractivity contribution is 7.19. The van der Waals surface area contributed by atoms with Crippen molar-refractivity contribution < 1.29 is 9.18 Å². The Bertz CT molecular complexity index is 1290. The van der Waals surface area contributed by atoms with E-state index in [1.807, 2.05) is 11.0 Å². The van der Waals surface area contributed by atoms with Crippen LogP contribution in [0.3, 0.4) is 0 Å². The van der Waals surface area contributed by atoms with Crippen LogP contribution in [0.25, 0.3) is 10.2 Å². The first kappa shape index (κ1) is 25.1. The van der Waals surface area contributed by atoms with Gasteiger partial charge in [0.2, 0.25) is 5.91 Å². The van der Waals surface area contributed by atoms with Gasteiger partial charge in [-0.2, -0.15) is 0 Å². The Balaban J connectivity index is 1.25. The van der Waals surface area contributed by atoms with Gasteiger partial charge in [0.25, 0.3) is 0 Å². The van der Waals surface area contributed by atoms with Crippen LogP contribution in [0, 0.1) is 5.82 Å². The maximum absolute atomic E-state index is 13.6. The number of nitrogens with one attached hydrogen (secondary N) is 1. The molecular weight excluding hydrogens is 499 g/mol. The van der Waals surface area contributed by atoms with Crippen LogP contribution in [0.5, 0.6) is 0 Å². The second-order valence-corrected chi connectivity index (χ2v) is 11.0. The summed E-state index contributed by atoms with van der Waals surface area (Å²) in [5.41, 5.74) is 1.82. The smallest absolute Gasteiger partial charge is 0.246 e. The molecule has 7 nitrogen and oxygen atoms in total. The number of benzene rings is 1. The van der Waals surface area contributed by atoms with Crippen LogP contribution in [0.4, 0.5) is 15.9 Å². The minimum Gasteiger partial charge on any atom is -0.340 e. The molecule has 0 aliphatic carbocycles. The van der Waals surface area contributed by atoms with Crippen LogP contribution in [0.2, 0.25) is 5.02 Å². The number of carbonyl (C=O) groups is 1. The molecule has 1 aromatic carbocycles. The minimum absolute atomic E-state index is 0.0419. The minimum atomic E-state index is -0.463. The van der Waals surface area contributed by atoms with E-state index < -0.39 is 5.82 Å². The molecule has 0 atom stereocenters. The Hall–Kier alpha value is -2.59. The fourth-order valence-electron chi connectivity index (χ4n) is 4.93. The van der Waals surface area contributed by atoms with Gasteiger partial charge in [0.15, 0.2) is 0 Å². The second kappa shape index (κ2) is 10.8. The molecule has 4 heterocycles. The van der Waals surface area contributed by atoms with Gasteiger partial charge in [-0.25, -0.2) is 14.4 Å². The normalized spacial score (nSPS) is 17.3. The molecule has 1 amide bonds. The van der Waals surface area contributed by atoms with Crippen molar-refractivity contribution in [3.8, 4) is 0 Å². The van der Waals surface area contributed by atoms with Crippen molar-refractivity contribution in [1.29, 1.82) is 0 Å². The lowest BCUT2D eigenvalue weighted by atomic mass is 10.0. The summed E-state index contributed by atoms with van der Waals surface area (Å²) in [7, 11) is 4.31. The van der Waals surface area contributed by atoms with Crippen molar-refractivity contribution in [3.05, 3.63) is 58.0 Å². The van der Waals surface area contributed by atoms with E-state index in [9.17, 15) is 9.18 Å². The molecule has 0 saturated carbocycles. The van der Waals surface area contributed by atoms with Gasteiger partial charge < -0.3 is 15.1 Å². The molecule has 36 heavy (non-hydrogen) atoms. The van der Waals surface area contributed by atoms with E-state index in [0.717, 1.165) is 41.1 Å². The standard InChI is InChI=1S/C26H30ClFN6OS/c1-32-11-7-18(8-12-32)33(2)10-3-4-23(35)34-13-9-19-22(15-34)36-26-24(19)25(29-16-30-26)31-17-5-6-21(28)20(27)14-17/h3-6,14,16,18H,7-13,15H2,1-2H3,(H,29,30,31)/b4-3+. The third-order valence-electron chi connectivity index (χ3n) is 7.10. The predicted octanol–water partition coefficient (Wildman–Crippen LogP) is 4.69. The lowest BCUT2D eigenvalue weighted by Gasteiger charge is -2.34. The van der Waals surface area contributed by atoms with Crippen LogP contribution < -0.4 is 5.32 Å². The molecule has 5 rings (SSSR count). The summed E-state index contributed by atoms with van der Waals surface area (Å²) in [5, 5.41) is 4.27. The maximum Gasteiger partial charge on any atom is 0.246 e. The average Bonchev–Trinajstić information content (AvgIpc) is 3.25. The molecule has 2 aliphatic rings. The SMILES string of the molecule is CN1CCC(N(C)C/C=C/C(=O)N2CCc3c(sc4ncnc(Nc5ccc(F)c(Cl)c5)c34)C2)CC1. The zero-order valence-corrected chi connectivity index (χ0v) is 22.1. The number of aromatic nitrogens is 2. The number of piperidine rings is 1.